The van der Waals surface area contributed by atoms with E-state index in [-0.39, 0.29) is 18.0 Å². The maximum atomic E-state index is 12.0. The fourth-order valence-electron chi connectivity index (χ4n) is 2.22. The first kappa shape index (κ1) is 15.1. The van der Waals surface area contributed by atoms with Gasteiger partial charge in [0.2, 0.25) is 5.95 Å². The molecule has 1 aliphatic rings. The Bertz CT molecular complexity index is 736. The first-order valence-corrected chi connectivity index (χ1v) is 6.89. The Morgan fingerprint density at radius 2 is 2.32 bits per heavy atom. The van der Waals surface area contributed by atoms with Gasteiger partial charge in [-0.2, -0.15) is 4.98 Å². The van der Waals surface area contributed by atoms with Crippen LogP contribution in [0.4, 0.5) is 5.95 Å². The van der Waals surface area contributed by atoms with Crippen molar-refractivity contribution in [3.8, 4) is 0 Å². The smallest absolute Gasteiger partial charge is 0.280 e. The summed E-state index contributed by atoms with van der Waals surface area (Å²) in [5, 5.41) is 9.85. The van der Waals surface area contributed by atoms with Gasteiger partial charge in [0.15, 0.2) is 11.2 Å². The fourth-order valence-corrected chi connectivity index (χ4v) is 2.22. The van der Waals surface area contributed by atoms with Crippen molar-refractivity contribution in [1.82, 2.24) is 19.5 Å². The summed E-state index contributed by atoms with van der Waals surface area (Å²) in [5.74, 6) is 0.421. The third-order valence-electron chi connectivity index (χ3n) is 3.36. The third-order valence-corrected chi connectivity index (χ3v) is 3.36. The van der Waals surface area contributed by atoms with E-state index in [1.54, 1.807) is 32.7 Å². The highest BCUT2D eigenvalue weighted by Crippen LogP contribution is 2.30. The van der Waals surface area contributed by atoms with Crippen molar-refractivity contribution in [2.45, 2.75) is 31.8 Å². The Labute approximate surface area is 130 Å². The number of aliphatic hydroxyl groups excluding tert-OH is 1. The number of hydrogen-bond donors (Lipinski definition) is 2. The summed E-state index contributed by atoms with van der Waals surface area (Å²) in [6.45, 7) is -0.0126. The molecule has 0 radical (unpaired) electrons. The molecule has 3 rings (SSSR count). The third kappa shape index (κ3) is 2.87. The van der Waals surface area contributed by atoms with Crippen LogP contribution in [-0.4, -0.2) is 50.9 Å². The molecule has 2 aromatic heterocycles. The Balaban J connectivity index is 0.000000924. The second-order valence-electron chi connectivity index (χ2n) is 5.04. The maximum absolute atomic E-state index is 12.0. The number of nitrogens with zero attached hydrogens (tertiary/aromatic N) is 4. The van der Waals surface area contributed by atoms with Crippen LogP contribution in [0.15, 0.2) is 11.1 Å². The van der Waals surface area contributed by atoms with Gasteiger partial charge < -0.3 is 14.7 Å². The van der Waals surface area contributed by atoms with Gasteiger partial charge in [-0.1, -0.05) is 0 Å². The molecule has 0 spiro atoms. The fraction of sp³-hybridized carbons (Fsp3) is 0.583. The number of aliphatic hydroxyl groups is 1. The summed E-state index contributed by atoms with van der Waals surface area (Å²) >= 11 is 0. The highest BCUT2D eigenvalue weighted by atomic mass is 31.0. The van der Waals surface area contributed by atoms with Gasteiger partial charge in [-0.15, -0.1) is 0 Å². The molecule has 10 heteroatoms. The maximum Gasteiger partial charge on any atom is 0.280 e. The minimum atomic E-state index is -0.694. The van der Waals surface area contributed by atoms with E-state index in [0.29, 0.717) is 18.0 Å². The van der Waals surface area contributed by atoms with Crippen LogP contribution in [0.5, 0.6) is 0 Å². The van der Waals surface area contributed by atoms with Crippen LogP contribution in [0, 0.1) is 0 Å². The lowest BCUT2D eigenvalue weighted by Gasteiger charge is -2.14. The number of anilines is 1. The summed E-state index contributed by atoms with van der Waals surface area (Å²) in [7, 11) is 5.27. The van der Waals surface area contributed by atoms with Gasteiger partial charge in [-0.25, -0.2) is 4.98 Å². The number of nitrogens with one attached hydrogen (secondary N) is 1. The van der Waals surface area contributed by atoms with Crippen molar-refractivity contribution in [1.29, 1.82) is 0 Å². The van der Waals surface area contributed by atoms with Crippen LogP contribution < -0.4 is 10.5 Å². The van der Waals surface area contributed by atoms with E-state index in [0.717, 1.165) is 0 Å². The number of fused-ring (bicyclic) bond motifs is 1. The molecule has 0 aromatic carbocycles. The normalized spacial score (nSPS) is 24.7. The number of ether oxygens (including phenoxy) is 1. The summed E-state index contributed by atoms with van der Waals surface area (Å²) in [4.78, 5) is 24.8. The largest absolute Gasteiger partial charge is 0.390 e. The van der Waals surface area contributed by atoms with Crippen LogP contribution in [-0.2, 0) is 9.30 Å². The summed E-state index contributed by atoms with van der Waals surface area (Å²) in [5.41, 5.74) is 0.316. The molecule has 2 aromatic rings. The molecule has 3 atom stereocenters. The van der Waals surface area contributed by atoms with Crippen LogP contribution in [0.25, 0.3) is 11.2 Å². The van der Waals surface area contributed by atoms with E-state index in [9.17, 15) is 9.90 Å². The van der Waals surface area contributed by atoms with Crippen molar-refractivity contribution in [2.75, 3.05) is 19.0 Å². The highest BCUT2D eigenvalue weighted by molar-refractivity contribution is 7.00. The van der Waals surface area contributed by atoms with Crippen molar-refractivity contribution in [2.24, 2.45) is 0 Å². The molecular weight excluding hydrogens is 309 g/mol. The summed E-state index contributed by atoms with van der Waals surface area (Å²) in [6, 6.07) is 0. The van der Waals surface area contributed by atoms with Gasteiger partial charge in [0, 0.05) is 21.9 Å². The zero-order valence-corrected chi connectivity index (χ0v) is 13.2. The molecule has 2 N–H and O–H groups in total. The number of H-pyrrole nitrogens is 1. The van der Waals surface area contributed by atoms with Crippen LogP contribution in [0.1, 0.15) is 20.9 Å². The molecule has 0 saturated carbocycles. The first-order valence-electron chi connectivity index (χ1n) is 7.19. The first-order chi connectivity index (χ1) is 11.0. The van der Waals surface area contributed by atoms with Gasteiger partial charge in [0.05, 0.1) is 18.5 Å². The second-order valence-corrected chi connectivity index (χ2v) is 5.04. The topological polar surface area (TPSA) is 113 Å². The van der Waals surface area contributed by atoms with Crippen molar-refractivity contribution >= 4 is 26.2 Å². The van der Waals surface area contributed by atoms with Gasteiger partial charge >= 0.3 is 0 Å². The molecular formula is C12H18N5O4P. The Hall–Kier alpha value is -1.83. The van der Waals surface area contributed by atoms with Crippen molar-refractivity contribution in [3.63, 3.8) is 0 Å². The summed E-state index contributed by atoms with van der Waals surface area (Å²) in [6.07, 6.45) is 0.143. The highest BCUT2D eigenvalue weighted by Gasteiger charge is 2.33. The summed E-state index contributed by atoms with van der Waals surface area (Å²) < 4.78 is 22.7. The molecule has 1 fully saturated rings. The van der Waals surface area contributed by atoms with Crippen LogP contribution >= 0.6 is 9.12 Å². The standard InChI is InChI=1S/C12H17N5O3.HOP/c1-6-7(18)4-8(20-6)17-5-13-9-10(17)14-12(16(2)3)15-11(9)19;1-2/h5-8,18H,4H2,1-3H3,(H,14,15,19);2H/t6-,7-,8-;/m1./s1/i1T;. The Morgan fingerprint density at radius 1 is 1.59 bits per heavy atom. The molecule has 0 aliphatic carbocycles. The molecule has 120 valence electrons. The zero-order chi connectivity index (χ0) is 17.1. The number of aromatic amines is 1. The van der Waals surface area contributed by atoms with E-state index < -0.39 is 18.4 Å². The predicted molar refractivity (Wildman–Crippen MR) is 81.7 cm³/mol. The lowest BCUT2D eigenvalue weighted by molar-refractivity contribution is -0.00632. The Kier molecular flexibility index (Phi) is 4.47. The van der Waals surface area contributed by atoms with E-state index in [4.69, 9.17) is 10.7 Å². The lowest BCUT2D eigenvalue weighted by atomic mass is 10.2. The van der Waals surface area contributed by atoms with Crippen LogP contribution in [0.3, 0.4) is 0 Å². The van der Waals surface area contributed by atoms with Crippen LogP contribution in [0.2, 0.25) is 0 Å². The minimum absolute atomic E-state index is 0.0126. The Morgan fingerprint density at radius 3 is 2.91 bits per heavy atom. The average molecular weight is 329 g/mol. The molecule has 0 bridgehead atoms. The van der Waals surface area contributed by atoms with E-state index in [1.807, 2.05) is 0 Å². The molecule has 9 nitrogen and oxygen atoms in total. The minimum Gasteiger partial charge on any atom is -0.390 e. The van der Waals surface area contributed by atoms with E-state index >= 15 is 0 Å². The lowest BCUT2D eigenvalue weighted by Crippen LogP contribution is -2.20. The van der Waals surface area contributed by atoms with Crippen molar-refractivity contribution < 1.29 is 15.8 Å². The van der Waals surface area contributed by atoms with Gasteiger partial charge in [0.25, 0.3) is 5.56 Å². The monoisotopic (exact) mass is 329 g/mol. The van der Waals surface area contributed by atoms with Gasteiger partial charge in [-0.05, 0) is 6.90 Å². The average Bonchev–Trinajstić information content (AvgIpc) is 3.12. The molecule has 3 heterocycles. The molecule has 22 heavy (non-hydrogen) atoms. The van der Waals surface area contributed by atoms with E-state index in [2.05, 4.69) is 15.0 Å². The van der Waals surface area contributed by atoms with E-state index in [1.165, 1.54) is 6.33 Å². The predicted octanol–water partition coefficient (Wildman–Crippen LogP) is 0.329. The molecule has 1 aliphatic heterocycles. The quantitative estimate of drug-likeness (QED) is 0.763. The van der Waals surface area contributed by atoms with Gasteiger partial charge in [0.1, 0.15) is 15.3 Å². The zero-order valence-electron chi connectivity index (χ0n) is 13.2. The number of hydrogen-bond acceptors (Lipinski definition) is 7. The molecule has 0 amide bonds. The van der Waals surface area contributed by atoms with Gasteiger partial charge in [-0.3, -0.25) is 18.9 Å². The number of aromatic nitrogens is 4. The second kappa shape index (κ2) is 6.51. The molecule has 1 saturated heterocycles. The number of imidazole rings is 1. The van der Waals surface area contributed by atoms with Crippen molar-refractivity contribution in [3.05, 3.63) is 16.7 Å². The SMILES string of the molecule is O=P.[3H]C[C@H]1O[C@@H](n2cnc3c(=O)[nH]c(N(C)C)nc32)C[C@H]1O. The number of rotatable bonds is 2. The molecule has 0 unspecified atom stereocenters.